The minimum atomic E-state index is -5.20. The molecule has 0 fully saturated rings. The fourth-order valence-corrected chi connectivity index (χ4v) is 3.15. The zero-order chi connectivity index (χ0) is 28.4. The van der Waals surface area contributed by atoms with Crippen molar-refractivity contribution in [3.8, 4) is 23.0 Å². The van der Waals surface area contributed by atoms with Crippen molar-refractivity contribution in [2.45, 2.75) is 11.7 Å². The molecule has 1 aromatic heterocycles. The highest BCUT2D eigenvalue weighted by Gasteiger charge is 2.34. The number of amides is 2. The fourth-order valence-electron chi connectivity index (χ4n) is 2.99. The molecule has 0 aliphatic rings. The van der Waals surface area contributed by atoms with Crippen LogP contribution >= 0.6 is 11.6 Å². The van der Waals surface area contributed by atoms with Gasteiger partial charge in [0, 0.05) is 17.2 Å². The van der Waals surface area contributed by atoms with Crippen molar-refractivity contribution in [2.24, 2.45) is 5.73 Å². The van der Waals surface area contributed by atoms with Gasteiger partial charge in [-0.2, -0.15) is 4.39 Å². The molecule has 3 rings (SSSR count). The van der Waals surface area contributed by atoms with Crippen LogP contribution in [0.3, 0.4) is 0 Å². The number of hydrogen-bond acceptors (Lipinski definition) is 6. The van der Waals surface area contributed by atoms with Gasteiger partial charge in [-0.05, 0) is 36.4 Å². The van der Waals surface area contributed by atoms with Crippen LogP contribution in [0.5, 0.6) is 23.0 Å². The largest absolute Gasteiger partial charge is 0.573 e. The molecule has 2 amide bonds. The van der Waals surface area contributed by atoms with Crippen LogP contribution in [0.2, 0.25) is 5.02 Å². The molecule has 8 nitrogen and oxygen atoms in total. The van der Waals surface area contributed by atoms with Crippen LogP contribution in [-0.2, 0) is 0 Å². The van der Waals surface area contributed by atoms with Crippen LogP contribution in [0.25, 0.3) is 0 Å². The van der Waals surface area contributed by atoms with Gasteiger partial charge in [0.15, 0.2) is 23.1 Å². The molecule has 1 heterocycles. The first-order chi connectivity index (χ1) is 17.6. The van der Waals surface area contributed by atoms with E-state index in [0.29, 0.717) is 6.07 Å². The van der Waals surface area contributed by atoms with E-state index in [4.69, 9.17) is 26.8 Å². The van der Waals surface area contributed by atoms with Crippen molar-refractivity contribution < 1.29 is 45.8 Å². The number of halogens is 6. The summed E-state index contributed by atoms with van der Waals surface area (Å²) in [6.45, 7) is 0. The van der Waals surface area contributed by atoms with Gasteiger partial charge in [0.2, 0.25) is 5.82 Å². The highest BCUT2D eigenvalue weighted by atomic mass is 35.5. The van der Waals surface area contributed by atoms with Gasteiger partial charge >= 0.3 is 6.36 Å². The summed E-state index contributed by atoms with van der Waals surface area (Å²) in [6.07, 6.45) is -4.03. The number of nitrogens with zero attached hydrogens (tertiary/aromatic N) is 1. The third-order valence-electron chi connectivity index (χ3n) is 4.43. The van der Waals surface area contributed by atoms with Crippen molar-refractivity contribution in [1.82, 2.24) is 4.98 Å². The number of primary amides is 1. The quantitative estimate of drug-likeness (QED) is 0.326. The first-order valence-corrected chi connectivity index (χ1v) is 10.9. The zero-order valence-corrected chi connectivity index (χ0v) is 20.6. The summed E-state index contributed by atoms with van der Waals surface area (Å²) in [5, 5.41) is 0.736. The van der Waals surface area contributed by atoms with Crippen LogP contribution in [0, 0.1) is 11.6 Å². The summed E-state index contributed by atoms with van der Waals surface area (Å²) in [7, 11) is 4.47. The number of alkyl halides is 3. The number of rotatable bonds is 8. The molecule has 17 heteroatoms. The summed E-state index contributed by atoms with van der Waals surface area (Å²) in [5.41, 5.74) is 4.25. The number of carbonyl (C=O) groups is 2. The van der Waals surface area contributed by atoms with Crippen LogP contribution in [0.15, 0.2) is 42.6 Å². The lowest BCUT2D eigenvalue weighted by Crippen LogP contribution is -2.38. The molecule has 3 aromatic rings. The predicted molar refractivity (Wildman–Crippen MR) is 134 cm³/mol. The first kappa shape index (κ1) is 28.6. The molecular weight excluding hydrogens is 537 g/mol. The molecule has 0 bridgehead atoms. The molecule has 38 heavy (non-hydrogen) atoms. The van der Waals surface area contributed by atoms with E-state index in [0.717, 1.165) is 24.3 Å². The topological polar surface area (TPSA) is 113 Å². The van der Waals surface area contributed by atoms with Gasteiger partial charge in [-0.25, -0.2) is 4.39 Å². The minimum Gasteiger partial charge on any atom is -0.508 e. The number of anilines is 1. The molecule has 0 spiro atoms. The Morgan fingerprint density at radius 2 is 1.58 bits per heavy atom. The van der Waals surface area contributed by atoms with Crippen molar-refractivity contribution in [3.63, 3.8) is 0 Å². The number of hydrogen-bond donors (Lipinski definition) is 2. The van der Waals surface area contributed by atoms with Crippen molar-refractivity contribution in [2.75, 3.05) is 5.32 Å². The maximum Gasteiger partial charge on any atom is 0.573 e. The highest BCUT2D eigenvalue weighted by molar-refractivity contribution is 6.58. The smallest absolute Gasteiger partial charge is 0.508 e. The van der Waals surface area contributed by atoms with Gasteiger partial charge in [0.25, 0.3) is 11.8 Å². The Morgan fingerprint density at radius 3 is 2.18 bits per heavy atom. The molecule has 0 saturated carbocycles. The molecule has 3 N–H and O–H groups in total. The standard InChI is InChI=1S/C21H16B3ClF5N3O5/c22-20(23,24)38-17-13(4-3-12(16(17)27)37-21(28,29)30)36-11-2-1-9(25)15(26)14(11)19(35)33-8-5-6-32-10(7-8)18(31)34/h1-7H,22-24H2,(H2,31,34)(H,32,33,35). The average molecular weight is 553 g/mol. The Kier molecular flexibility index (Phi) is 8.15. The lowest BCUT2D eigenvalue weighted by atomic mass is 9.52. The van der Waals surface area contributed by atoms with Crippen molar-refractivity contribution >= 4 is 52.6 Å². The number of pyridine rings is 1. The van der Waals surface area contributed by atoms with E-state index in [1.807, 2.05) is 0 Å². The molecule has 0 atom stereocenters. The Hall–Kier alpha value is -3.94. The summed E-state index contributed by atoms with van der Waals surface area (Å²) >= 11 is 5.84. The third kappa shape index (κ3) is 7.09. The molecule has 0 aliphatic heterocycles. The van der Waals surface area contributed by atoms with Gasteiger partial charge in [-0.3, -0.25) is 14.6 Å². The van der Waals surface area contributed by atoms with E-state index < -0.39 is 68.7 Å². The SMILES string of the molecule is BC(B)(B)Oc1c(Oc2ccc(Cl)c(F)c2C(=O)Nc2ccnc(C(N)=O)c2)ccc(OC(F)(F)F)c1F. The fraction of sp³-hybridized carbons (Fsp3) is 0.0952. The van der Waals surface area contributed by atoms with Crippen LogP contribution in [0.4, 0.5) is 27.6 Å². The minimum absolute atomic E-state index is 0.0144. The molecule has 0 radical (unpaired) electrons. The molecular formula is C21H16B3ClF5N3O5. The van der Waals surface area contributed by atoms with Gasteiger partial charge < -0.3 is 25.3 Å². The van der Waals surface area contributed by atoms with Crippen LogP contribution in [0.1, 0.15) is 20.8 Å². The number of benzene rings is 2. The van der Waals surface area contributed by atoms with Crippen LogP contribution in [-0.4, -0.2) is 52.0 Å². The number of nitrogens with one attached hydrogen (secondary N) is 1. The monoisotopic (exact) mass is 553 g/mol. The second-order valence-corrected chi connectivity index (χ2v) is 8.96. The number of aromatic nitrogens is 1. The maximum absolute atomic E-state index is 15.0. The van der Waals surface area contributed by atoms with Gasteiger partial charge in [0.1, 0.15) is 40.5 Å². The van der Waals surface area contributed by atoms with E-state index in [1.165, 1.54) is 35.8 Å². The molecule has 0 unspecified atom stereocenters. The lowest BCUT2D eigenvalue weighted by molar-refractivity contribution is -0.275. The summed E-state index contributed by atoms with van der Waals surface area (Å²) in [4.78, 5) is 28.1. The summed E-state index contributed by atoms with van der Waals surface area (Å²) < 4.78 is 82.9. The summed E-state index contributed by atoms with van der Waals surface area (Å²) in [5.74, 6) is -7.73. The normalized spacial score (nSPS) is 11.5. The zero-order valence-electron chi connectivity index (χ0n) is 19.9. The van der Waals surface area contributed by atoms with E-state index in [-0.39, 0.29) is 11.4 Å². The van der Waals surface area contributed by atoms with E-state index in [1.54, 1.807) is 0 Å². The van der Waals surface area contributed by atoms with E-state index in [9.17, 15) is 22.8 Å². The van der Waals surface area contributed by atoms with Crippen molar-refractivity contribution in [3.05, 3.63) is 70.5 Å². The highest BCUT2D eigenvalue weighted by Crippen LogP contribution is 2.42. The Bertz CT molecular complexity index is 1410. The number of ether oxygens (including phenoxy) is 3. The number of carbonyl (C=O) groups excluding carboxylic acids is 2. The second-order valence-electron chi connectivity index (χ2n) is 8.55. The van der Waals surface area contributed by atoms with E-state index in [2.05, 4.69) is 15.0 Å². The Labute approximate surface area is 219 Å². The Morgan fingerprint density at radius 1 is 0.947 bits per heavy atom. The Balaban J connectivity index is 2.06. The first-order valence-electron chi connectivity index (χ1n) is 10.6. The molecule has 0 aliphatic carbocycles. The average Bonchev–Trinajstić information content (AvgIpc) is 2.79. The second kappa shape index (κ2) is 10.8. The molecule has 2 aromatic carbocycles. The lowest BCUT2D eigenvalue weighted by Gasteiger charge is -2.25. The van der Waals surface area contributed by atoms with Gasteiger partial charge in [-0.1, -0.05) is 11.6 Å². The maximum atomic E-state index is 15.0. The summed E-state index contributed by atoms with van der Waals surface area (Å²) in [6, 6.07) is 6.07. The number of nitrogens with two attached hydrogens (primary N) is 1. The molecule has 196 valence electrons. The molecule has 0 saturated heterocycles. The predicted octanol–water partition coefficient (Wildman–Crippen LogP) is 1.94. The van der Waals surface area contributed by atoms with Crippen molar-refractivity contribution in [1.29, 1.82) is 0 Å². The van der Waals surface area contributed by atoms with E-state index >= 15 is 8.78 Å². The third-order valence-corrected chi connectivity index (χ3v) is 4.73. The van der Waals surface area contributed by atoms with Gasteiger partial charge in [0.05, 0.1) is 5.02 Å². The van der Waals surface area contributed by atoms with Gasteiger partial charge in [-0.15, -0.1) is 13.2 Å². The van der Waals surface area contributed by atoms with Crippen LogP contribution < -0.4 is 25.3 Å².